The van der Waals surface area contributed by atoms with Crippen LogP contribution in [0.3, 0.4) is 0 Å². The summed E-state index contributed by atoms with van der Waals surface area (Å²) in [6.45, 7) is 0. The Labute approximate surface area is 62.5 Å². The first-order valence-corrected chi connectivity index (χ1v) is 9.53. The molecule has 0 spiro atoms. The third kappa shape index (κ3) is 1.22. The van der Waals surface area contributed by atoms with E-state index >= 15 is 0 Å². The van der Waals surface area contributed by atoms with Crippen LogP contribution in [-0.2, 0) is 37.8 Å². The fourth-order valence-corrected chi connectivity index (χ4v) is 1.61. The Bertz CT molecular complexity index is 169. The van der Waals surface area contributed by atoms with Crippen molar-refractivity contribution in [2.75, 3.05) is 0 Å². The van der Waals surface area contributed by atoms with Crippen molar-refractivity contribution in [3.05, 3.63) is 0 Å². The van der Waals surface area contributed by atoms with E-state index in [-0.39, 0.29) is 24.2 Å². The molecule has 11 heavy (non-hydrogen) atoms. The van der Waals surface area contributed by atoms with E-state index in [2.05, 4.69) is 0 Å². The molecule has 0 unspecified atom stereocenters. The van der Waals surface area contributed by atoms with E-state index in [4.69, 9.17) is 0 Å². The third-order valence-electron chi connectivity index (χ3n) is 0.962. The van der Waals surface area contributed by atoms with Gasteiger partial charge in [0, 0.05) is 0 Å². The summed E-state index contributed by atoms with van der Waals surface area (Å²) in [5.41, 5.74) is 0. The summed E-state index contributed by atoms with van der Waals surface area (Å²) >= 11 is -5.33. The Morgan fingerprint density at radius 1 is 0.545 bits per heavy atom. The average molecular weight is 335 g/mol. The van der Waals surface area contributed by atoms with Gasteiger partial charge in [0.2, 0.25) is 0 Å². The molecule has 0 bridgehead atoms. The van der Waals surface area contributed by atoms with Crippen molar-refractivity contribution in [1.29, 1.82) is 0 Å². The van der Waals surface area contributed by atoms with Crippen LogP contribution in [0.25, 0.3) is 0 Å². The van der Waals surface area contributed by atoms with Gasteiger partial charge in [-0.15, -0.1) is 0 Å². The van der Waals surface area contributed by atoms with Crippen molar-refractivity contribution < 1.29 is 37.8 Å². The summed E-state index contributed by atoms with van der Waals surface area (Å²) in [5.74, 6) is 0. The zero-order valence-corrected chi connectivity index (χ0v) is 7.82. The molecule has 0 heterocycles. The summed E-state index contributed by atoms with van der Waals surface area (Å²) in [6, 6.07) is 0. The van der Waals surface area contributed by atoms with Gasteiger partial charge < -0.3 is 0 Å². The zero-order valence-electron chi connectivity index (χ0n) is 5.28. The molecule has 0 radical (unpaired) electrons. The second-order valence-corrected chi connectivity index (χ2v) is 13.1. The number of rotatable bonds is 5. The maximum absolute atomic E-state index is 10.2. The summed E-state index contributed by atoms with van der Waals surface area (Å²) in [5, 5.41) is 0. The average Bonchev–Trinajstić information content (AvgIpc) is 2.12. The fourth-order valence-electron chi connectivity index (χ4n) is 0.196. The first kappa shape index (κ1) is 9.99. The maximum atomic E-state index is 10.2. The summed E-state index contributed by atoms with van der Waals surface area (Å²) < 4.78 is 0. The minimum absolute atomic E-state index is 0.0944. The van der Waals surface area contributed by atoms with Gasteiger partial charge >= 0.3 is 62.0 Å². The molecule has 0 rings (SSSR count). The Kier molecular flexibility index (Phi) is 2.66. The number of hydrogen-bond donors (Lipinski definition) is 0. The summed E-state index contributed by atoms with van der Waals surface area (Å²) in [4.78, 5) is 50.7. The van der Waals surface area contributed by atoms with E-state index < -0.39 is 13.8 Å². The predicted molar refractivity (Wildman–Crippen MR) is 33.8 cm³/mol. The normalized spacial score (nSPS) is 13.6. The van der Waals surface area contributed by atoms with Gasteiger partial charge in [0.15, 0.2) is 0 Å². The van der Waals surface area contributed by atoms with Gasteiger partial charge in [-0.2, -0.15) is 0 Å². The molecule has 0 saturated heterocycles. The predicted octanol–water partition coefficient (Wildman–Crippen LogP) is -1.37. The van der Waals surface area contributed by atoms with Crippen LogP contribution in [0.15, 0.2) is 0 Å². The van der Waals surface area contributed by atoms with Crippen molar-refractivity contribution in [1.82, 2.24) is 0 Å². The van der Waals surface area contributed by atoms with E-state index in [1.165, 1.54) is 0 Å². The van der Waals surface area contributed by atoms with Gasteiger partial charge in [-0.3, -0.25) is 0 Å². The molecule has 0 aromatic rings. The molecule has 0 aliphatic carbocycles. The molecule has 5 nitrogen and oxygen atoms in total. The molecule has 63 valence electrons. The van der Waals surface area contributed by atoms with Gasteiger partial charge in [-0.05, 0) is 0 Å². The molecule has 0 amide bonds. The topological polar surface area (TPSA) is 85.3 Å². The van der Waals surface area contributed by atoms with Gasteiger partial charge in [0.25, 0.3) is 0 Å². The molecule has 0 saturated carbocycles. The zero-order chi connectivity index (χ0) is 8.98. The molecule has 0 N–H and O–H groups in total. The Balaban J connectivity index is 5.51. The molecular weight excluding hydrogens is 330 g/mol. The minimum atomic E-state index is -5.33. The van der Waals surface area contributed by atoms with Gasteiger partial charge in [0.1, 0.15) is 0 Å². The number of hydrogen-bond acceptors (Lipinski definition) is 5. The Morgan fingerprint density at radius 2 is 0.727 bits per heavy atom. The standard InChI is InChI=1S/5CHO.Os/c5*1-2;/h5*1H;. The number of carbonyl (C=O) groups excluding carboxylic acids is 5. The van der Waals surface area contributed by atoms with Crippen LogP contribution in [-0.4, -0.2) is 24.2 Å². The van der Waals surface area contributed by atoms with E-state index in [1.807, 2.05) is 0 Å². The molecule has 6 heteroatoms. The summed E-state index contributed by atoms with van der Waals surface area (Å²) in [6.07, 6.45) is 0. The molecule has 0 fully saturated rings. The first-order valence-electron chi connectivity index (χ1n) is 2.20. The molecule has 0 aliphatic heterocycles. The molecule has 0 aromatic carbocycles. The van der Waals surface area contributed by atoms with Gasteiger partial charge in [-0.25, -0.2) is 0 Å². The van der Waals surface area contributed by atoms with Crippen LogP contribution >= 0.6 is 0 Å². The summed E-state index contributed by atoms with van der Waals surface area (Å²) in [7, 11) is 0. The first-order chi connectivity index (χ1) is 5.12. The van der Waals surface area contributed by atoms with Crippen LogP contribution in [0, 0.1) is 0 Å². The van der Waals surface area contributed by atoms with E-state index in [1.54, 1.807) is 0 Å². The second kappa shape index (κ2) is 2.93. The molecular formula is C5H5O5Os. The van der Waals surface area contributed by atoms with Crippen molar-refractivity contribution >= 4 is 24.2 Å². The van der Waals surface area contributed by atoms with Gasteiger partial charge in [-0.1, -0.05) is 0 Å². The van der Waals surface area contributed by atoms with Crippen LogP contribution in [0.5, 0.6) is 0 Å². The van der Waals surface area contributed by atoms with Crippen molar-refractivity contribution in [2.24, 2.45) is 0 Å². The van der Waals surface area contributed by atoms with Gasteiger partial charge in [0.05, 0.1) is 0 Å². The van der Waals surface area contributed by atoms with Crippen molar-refractivity contribution in [3.63, 3.8) is 0 Å². The monoisotopic (exact) mass is 337 g/mol. The van der Waals surface area contributed by atoms with E-state index in [0.717, 1.165) is 0 Å². The molecule has 0 atom stereocenters. The molecule has 0 aliphatic rings. The Morgan fingerprint density at radius 3 is 0.727 bits per heavy atom. The fraction of sp³-hybridized carbons (Fsp3) is 0. The van der Waals surface area contributed by atoms with Crippen molar-refractivity contribution in [3.8, 4) is 0 Å². The van der Waals surface area contributed by atoms with Crippen molar-refractivity contribution in [2.45, 2.75) is 0 Å². The van der Waals surface area contributed by atoms with Crippen LogP contribution in [0.1, 0.15) is 0 Å². The quantitative estimate of drug-likeness (QED) is 0.579. The molecule has 0 aromatic heterocycles. The Hall–Kier alpha value is -1.01. The van der Waals surface area contributed by atoms with E-state index in [0.29, 0.717) is 0 Å². The van der Waals surface area contributed by atoms with Crippen LogP contribution in [0.2, 0.25) is 0 Å². The van der Waals surface area contributed by atoms with Crippen LogP contribution < -0.4 is 0 Å². The van der Waals surface area contributed by atoms with E-state index in [9.17, 15) is 24.0 Å². The number of carbonyl (C=O) groups is 5. The SMILES string of the molecule is O=[CH][Os]([CH]=O)([CH]=O)([CH]=O)[CH]=O. The van der Waals surface area contributed by atoms with Crippen LogP contribution in [0.4, 0.5) is 0 Å². The third-order valence-corrected chi connectivity index (χ3v) is 7.88. The second-order valence-electron chi connectivity index (χ2n) is 1.60.